The quantitative estimate of drug-likeness (QED) is 0.462. The summed E-state index contributed by atoms with van der Waals surface area (Å²) in [5.74, 6) is 0.872. The second-order valence-corrected chi connectivity index (χ2v) is 3.04. The molecule has 1 aliphatic rings. The van der Waals surface area contributed by atoms with Crippen LogP contribution in [0.2, 0.25) is 0 Å². The molecule has 1 aliphatic heterocycles. The first kappa shape index (κ1) is 5.04. The van der Waals surface area contributed by atoms with Gasteiger partial charge < -0.3 is 0 Å². The van der Waals surface area contributed by atoms with Crippen LogP contribution in [0.3, 0.4) is 0 Å². The zero-order chi connectivity index (χ0) is 5.11. The van der Waals surface area contributed by atoms with Crippen molar-refractivity contribution in [1.29, 1.82) is 0 Å². The van der Waals surface area contributed by atoms with Crippen LogP contribution in [0.15, 0.2) is 11.5 Å². The molecule has 1 unspecified atom stereocenters. The third-order valence-corrected chi connectivity index (χ3v) is 2.15. The minimum Gasteiger partial charge on any atom is -0.255 e. The normalized spacial score (nSPS) is 30.6. The van der Waals surface area contributed by atoms with E-state index in [9.17, 15) is 4.21 Å². The van der Waals surface area contributed by atoms with E-state index in [-0.39, 0.29) is 0 Å². The molecule has 40 valence electrons. The Labute approximate surface area is 45.9 Å². The third-order valence-electron chi connectivity index (χ3n) is 0.964. The SMILES string of the molecule is O=S1C=CCCC1. The molecule has 0 N–H and O–H groups in total. The van der Waals surface area contributed by atoms with Gasteiger partial charge in [-0.25, -0.2) is 0 Å². The van der Waals surface area contributed by atoms with Gasteiger partial charge in [-0.05, 0) is 18.2 Å². The van der Waals surface area contributed by atoms with E-state index in [2.05, 4.69) is 0 Å². The molecular weight excluding hydrogens is 108 g/mol. The summed E-state index contributed by atoms with van der Waals surface area (Å²) in [6, 6.07) is 0. The fourth-order valence-electron chi connectivity index (χ4n) is 0.587. The van der Waals surface area contributed by atoms with Crippen LogP contribution in [0.5, 0.6) is 0 Å². The standard InChI is InChI=1S/C5H8OS/c6-7-4-2-1-3-5-7/h2,4H,1,3,5H2. The molecule has 0 aliphatic carbocycles. The summed E-state index contributed by atoms with van der Waals surface area (Å²) in [5, 5.41) is 1.78. The van der Waals surface area contributed by atoms with Crippen LogP contribution in [0.4, 0.5) is 0 Å². The fourth-order valence-corrected chi connectivity index (χ4v) is 1.52. The van der Waals surface area contributed by atoms with Crippen LogP contribution in [-0.4, -0.2) is 9.96 Å². The number of rotatable bonds is 0. The average Bonchev–Trinajstić information content (AvgIpc) is 1.69. The lowest BCUT2D eigenvalue weighted by Crippen LogP contribution is -1.96. The molecule has 0 amide bonds. The lowest BCUT2D eigenvalue weighted by Gasteiger charge is -1.98. The van der Waals surface area contributed by atoms with Gasteiger partial charge >= 0.3 is 0 Å². The molecule has 0 saturated carbocycles. The number of hydrogen-bond donors (Lipinski definition) is 0. The Hall–Kier alpha value is -0.110. The molecule has 0 radical (unpaired) electrons. The van der Waals surface area contributed by atoms with Crippen molar-refractivity contribution in [3.05, 3.63) is 11.5 Å². The fraction of sp³-hybridized carbons (Fsp3) is 0.600. The van der Waals surface area contributed by atoms with Crippen LogP contribution < -0.4 is 0 Å². The van der Waals surface area contributed by atoms with Crippen LogP contribution in [-0.2, 0) is 10.8 Å². The lowest BCUT2D eigenvalue weighted by atomic mass is 10.3. The highest BCUT2D eigenvalue weighted by atomic mass is 32.2. The summed E-state index contributed by atoms with van der Waals surface area (Å²) in [5.41, 5.74) is 0. The molecule has 0 spiro atoms. The maximum atomic E-state index is 10.5. The summed E-state index contributed by atoms with van der Waals surface area (Å²) in [4.78, 5) is 0. The van der Waals surface area contributed by atoms with E-state index >= 15 is 0 Å². The Kier molecular flexibility index (Phi) is 1.63. The maximum absolute atomic E-state index is 10.5. The first-order valence-corrected chi connectivity index (χ1v) is 3.81. The molecule has 1 rings (SSSR count). The molecule has 1 nitrogen and oxygen atoms in total. The Bertz CT molecular complexity index is 107. The number of hydrogen-bond acceptors (Lipinski definition) is 1. The van der Waals surface area contributed by atoms with Crippen LogP contribution in [0.25, 0.3) is 0 Å². The van der Waals surface area contributed by atoms with Crippen molar-refractivity contribution in [2.45, 2.75) is 12.8 Å². The molecule has 0 saturated heterocycles. The van der Waals surface area contributed by atoms with E-state index in [1.54, 1.807) is 5.41 Å². The molecule has 1 heterocycles. The molecule has 0 fully saturated rings. The second kappa shape index (κ2) is 2.26. The maximum Gasteiger partial charge on any atom is 0.0452 e. The van der Waals surface area contributed by atoms with Gasteiger partial charge in [-0.15, -0.1) is 0 Å². The van der Waals surface area contributed by atoms with Crippen LogP contribution >= 0.6 is 0 Å². The molecule has 0 aromatic rings. The van der Waals surface area contributed by atoms with Gasteiger partial charge in [0.05, 0.1) is 0 Å². The summed E-state index contributed by atoms with van der Waals surface area (Å²) >= 11 is 0. The molecule has 7 heavy (non-hydrogen) atoms. The van der Waals surface area contributed by atoms with Gasteiger partial charge in [0.1, 0.15) is 0 Å². The Morgan fingerprint density at radius 2 is 2.43 bits per heavy atom. The first-order valence-electron chi connectivity index (χ1n) is 2.43. The predicted molar refractivity (Wildman–Crippen MR) is 31.4 cm³/mol. The second-order valence-electron chi connectivity index (χ2n) is 1.60. The highest BCUT2D eigenvalue weighted by Gasteiger charge is 1.96. The van der Waals surface area contributed by atoms with Crippen molar-refractivity contribution in [2.75, 3.05) is 5.75 Å². The summed E-state index contributed by atoms with van der Waals surface area (Å²) in [6.07, 6.45) is 4.20. The van der Waals surface area contributed by atoms with Crippen molar-refractivity contribution in [1.82, 2.24) is 0 Å². The third kappa shape index (κ3) is 1.43. The van der Waals surface area contributed by atoms with Crippen molar-refractivity contribution >= 4 is 10.8 Å². The van der Waals surface area contributed by atoms with Gasteiger partial charge in [-0.2, -0.15) is 0 Å². The monoisotopic (exact) mass is 116 g/mol. The predicted octanol–water partition coefficient (Wildman–Crippen LogP) is 1.04. The average molecular weight is 116 g/mol. The van der Waals surface area contributed by atoms with E-state index in [0.717, 1.165) is 18.6 Å². The first-order chi connectivity index (χ1) is 3.39. The molecular formula is C5H8OS. The highest BCUT2D eigenvalue weighted by molar-refractivity contribution is 7.88. The van der Waals surface area contributed by atoms with Crippen LogP contribution in [0, 0.1) is 0 Å². The summed E-state index contributed by atoms with van der Waals surface area (Å²) in [6.45, 7) is 0. The van der Waals surface area contributed by atoms with Gasteiger partial charge in [-0.3, -0.25) is 4.21 Å². The lowest BCUT2D eigenvalue weighted by molar-refractivity contribution is 0.684. The van der Waals surface area contributed by atoms with E-state index in [1.165, 1.54) is 0 Å². The van der Waals surface area contributed by atoms with E-state index in [4.69, 9.17) is 0 Å². The zero-order valence-corrected chi connectivity index (χ0v) is 4.91. The van der Waals surface area contributed by atoms with Gasteiger partial charge in [0, 0.05) is 16.6 Å². The van der Waals surface area contributed by atoms with E-state index in [1.807, 2.05) is 6.08 Å². The van der Waals surface area contributed by atoms with Gasteiger partial charge in [0.25, 0.3) is 0 Å². The molecule has 2 heteroatoms. The van der Waals surface area contributed by atoms with Crippen molar-refractivity contribution in [3.63, 3.8) is 0 Å². The van der Waals surface area contributed by atoms with E-state index < -0.39 is 10.8 Å². The van der Waals surface area contributed by atoms with Crippen molar-refractivity contribution in [2.24, 2.45) is 0 Å². The Morgan fingerprint density at radius 1 is 1.57 bits per heavy atom. The molecule has 1 atom stereocenters. The minimum atomic E-state index is -0.621. The molecule has 0 bridgehead atoms. The minimum absolute atomic E-state index is 0.621. The summed E-state index contributed by atoms with van der Waals surface area (Å²) < 4.78 is 10.5. The van der Waals surface area contributed by atoms with Gasteiger partial charge in [0.15, 0.2) is 0 Å². The van der Waals surface area contributed by atoms with Gasteiger partial charge in [0.2, 0.25) is 0 Å². The molecule has 0 aromatic heterocycles. The highest BCUT2D eigenvalue weighted by Crippen LogP contribution is 2.02. The van der Waals surface area contributed by atoms with Crippen LogP contribution in [0.1, 0.15) is 12.8 Å². The zero-order valence-electron chi connectivity index (χ0n) is 4.09. The van der Waals surface area contributed by atoms with Crippen molar-refractivity contribution in [3.8, 4) is 0 Å². The Morgan fingerprint density at radius 3 is 2.71 bits per heavy atom. The van der Waals surface area contributed by atoms with Gasteiger partial charge in [-0.1, -0.05) is 6.08 Å². The smallest absolute Gasteiger partial charge is 0.0452 e. The number of allylic oxidation sites excluding steroid dienone is 1. The Balaban J connectivity index is 2.51. The largest absolute Gasteiger partial charge is 0.255 e. The topological polar surface area (TPSA) is 17.1 Å². The molecule has 0 aromatic carbocycles. The van der Waals surface area contributed by atoms with Crippen molar-refractivity contribution < 1.29 is 4.21 Å². The summed E-state index contributed by atoms with van der Waals surface area (Å²) in [7, 11) is -0.621. The van der Waals surface area contributed by atoms with E-state index in [0.29, 0.717) is 0 Å².